The van der Waals surface area contributed by atoms with E-state index in [1.54, 1.807) is 24.3 Å². The number of alkyl halides is 1. The van der Waals surface area contributed by atoms with Gasteiger partial charge in [0.2, 0.25) is 10.0 Å². The lowest BCUT2D eigenvalue weighted by Gasteiger charge is -2.37. The first-order chi connectivity index (χ1) is 14.7. The van der Waals surface area contributed by atoms with Crippen LogP contribution >= 0.6 is 11.6 Å². The first-order valence-electron chi connectivity index (χ1n) is 10.3. The Kier molecular flexibility index (Phi) is 9.28. The van der Waals surface area contributed by atoms with E-state index >= 15 is 0 Å². The number of carboxylic acid groups (broad SMARTS) is 1. The largest absolute Gasteiger partial charge is 0.508 e. The summed E-state index contributed by atoms with van der Waals surface area (Å²) in [7, 11) is -3.96. The molecule has 2 unspecified atom stereocenters. The van der Waals surface area contributed by atoms with Gasteiger partial charge in [-0.25, -0.2) is 8.42 Å². The fourth-order valence-corrected chi connectivity index (χ4v) is 5.80. The number of sulfonamides is 1. The molecule has 1 aromatic heterocycles. The number of benzene rings is 1. The maximum Gasteiger partial charge on any atom is 0.322 e. The van der Waals surface area contributed by atoms with Gasteiger partial charge in [0.15, 0.2) is 0 Å². The van der Waals surface area contributed by atoms with Gasteiger partial charge in [0.25, 0.3) is 0 Å². The smallest absolute Gasteiger partial charge is 0.322 e. The van der Waals surface area contributed by atoms with E-state index < -0.39 is 33.5 Å². The number of carbonyl (C=O) groups is 1. The molecule has 1 heterocycles. The molecule has 0 saturated carbocycles. The number of phenols is 1. The summed E-state index contributed by atoms with van der Waals surface area (Å²) in [4.78, 5) is 16.4. The van der Waals surface area contributed by atoms with E-state index in [-0.39, 0.29) is 17.9 Å². The minimum Gasteiger partial charge on any atom is -0.508 e. The van der Waals surface area contributed by atoms with Gasteiger partial charge in [-0.15, -0.1) is 11.6 Å². The maximum atomic E-state index is 13.5. The molecular weight excluding hydrogens is 440 g/mol. The van der Waals surface area contributed by atoms with E-state index in [4.69, 9.17) is 11.6 Å². The van der Waals surface area contributed by atoms with Crippen molar-refractivity contribution >= 4 is 27.6 Å². The molecule has 0 bridgehead atoms. The minimum atomic E-state index is -3.96. The van der Waals surface area contributed by atoms with Gasteiger partial charge in [-0.1, -0.05) is 32.4 Å². The molecule has 0 aliphatic rings. The fourth-order valence-electron chi connectivity index (χ4n) is 3.43. The van der Waals surface area contributed by atoms with Crippen molar-refractivity contribution in [3.05, 3.63) is 59.9 Å². The van der Waals surface area contributed by atoms with E-state index in [0.29, 0.717) is 30.4 Å². The summed E-state index contributed by atoms with van der Waals surface area (Å²) in [6.45, 7) is 3.71. The number of carboxylic acids is 1. The van der Waals surface area contributed by atoms with E-state index in [1.807, 2.05) is 13.8 Å². The molecule has 9 heteroatoms. The predicted molar refractivity (Wildman–Crippen MR) is 121 cm³/mol. The third-order valence-corrected chi connectivity index (χ3v) is 7.56. The highest BCUT2D eigenvalue weighted by Crippen LogP contribution is 2.35. The SMILES string of the molecule is CCCCS(=O)(=O)N(C(c1ccncc1)C(Cl)CC)[C@@H](Cc1ccc(O)cc1)C(=O)O. The van der Waals surface area contributed by atoms with Crippen LogP contribution in [0.3, 0.4) is 0 Å². The summed E-state index contributed by atoms with van der Waals surface area (Å²) < 4.78 is 28.0. The minimum absolute atomic E-state index is 0.0458. The molecule has 3 atom stereocenters. The Labute approximate surface area is 188 Å². The second-order valence-corrected chi connectivity index (χ2v) is 9.93. The lowest BCUT2D eigenvalue weighted by atomic mass is 9.99. The highest BCUT2D eigenvalue weighted by molar-refractivity contribution is 7.89. The van der Waals surface area contributed by atoms with Gasteiger partial charge in [-0.2, -0.15) is 4.31 Å². The molecule has 0 aliphatic carbocycles. The normalized spacial score (nSPS) is 14.8. The number of phenolic OH excluding ortho intramolecular Hbond substituents is 1. The van der Waals surface area contributed by atoms with Crippen LogP contribution in [-0.2, 0) is 21.2 Å². The molecule has 1 aromatic carbocycles. The Hall–Kier alpha value is -2.16. The standard InChI is InChI=1S/C22H29ClN2O5S/c1-3-5-14-31(29,30)25(21(19(23)4-2)17-10-12-24-13-11-17)20(22(27)28)15-16-6-8-18(26)9-7-16/h6-13,19-21,26H,3-5,14-15H2,1-2H3,(H,27,28)/t19?,20-,21?/m0/s1. The average Bonchev–Trinajstić information content (AvgIpc) is 2.76. The van der Waals surface area contributed by atoms with Gasteiger partial charge >= 0.3 is 5.97 Å². The molecule has 0 amide bonds. The van der Waals surface area contributed by atoms with Crippen molar-refractivity contribution in [1.82, 2.24) is 9.29 Å². The summed E-state index contributed by atoms with van der Waals surface area (Å²) in [5.41, 5.74) is 1.19. The van der Waals surface area contributed by atoms with Gasteiger partial charge < -0.3 is 10.2 Å². The highest BCUT2D eigenvalue weighted by Gasteiger charge is 2.43. The molecule has 2 rings (SSSR count). The lowest BCUT2D eigenvalue weighted by Crippen LogP contribution is -2.51. The van der Waals surface area contributed by atoms with E-state index in [2.05, 4.69) is 4.98 Å². The van der Waals surface area contributed by atoms with Crippen LogP contribution in [0, 0.1) is 0 Å². The Morgan fingerprint density at radius 3 is 2.26 bits per heavy atom. The lowest BCUT2D eigenvalue weighted by molar-refractivity contribution is -0.142. The highest BCUT2D eigenvalue weighted by atomic mass is 35.5. The molecule has 0 aliphatic heterocycles. The number of nitrogens with zero attached hydrogens (tertiary/aromatic N) is 2. The van der Waals surface area contributed by atoms with E-state index in [1.165, 1.54) is 24.5 Å². The number of aromatic nitrogens is 1. The summed E-state index contributed by atoms with van der Waals surface area (Å²) in [6, 6.07) is 7.16. The van der Waals surface area contributed by atoms with Gasteiger partial charge in [-0.3, -0.25) is 9.78 Å². The number of unbranched alkanes of at least 4 members (excludes halogenated alkanes) is 1. The molecule has 0 spiro atoms. The first-order valence-corrected chi connectivity index (χ1v) is 12.3. The fraction of sp³-hybridized carbons (Fsp3) is 0.455. The number of hydrogen-bond acceptors (Lipinski definition) is 5. The quantitative estimate of drug-likeness (QED) is 0.456. The van der Waals surface area contributed by atoms with Crippen molar-refractivity contribution in [2.75, 3.05) is 5.75 Å². The third-order valence-electron chi connectivity index (χ3n) is 5.09. The topological polar surface area (TPSA) is 108 Å². The molecule has 0 fully saturated rings. The summed E-state index contributed by atoms with van der Waals surface area (Å²) in [6.07, 6.45) is 4.52. The molecule has 0 saturated heterocycles. The number of aliphatic carboxylic acids is 1. The van der Waals surface area contributed by atoms with Crippen LogP contribution < -0.4 is 0 Å². The van der Waals surface area contributed by atoms with Crippen molar-refractivity contribution in [2.24, 2.45) is 0 Å². The zero-order chi connectivity index (χ0) is 23.0. The van der Waals surface area contributed by atoms with Crippen molar-refractivity contribution in [3.63, 3.8) is 0 Å². The molecule has 170 valence electrons. The van der Waals surface area contributed by atoms with Gasteiger partial charge in [0.1, 0.15) is 11.8 Å². The number of rotatable bonds is 12. The predicted octanol–water partition coefficient (Wildman–Crippen LogP) is 3.97. The van der Waals surface area contributed by atoms with Crippen LogP contribution in [0.15, 0.2) is 48.8 Å². The zero-order valence-corrected chi connectivity index (χ0v) is 19.3. The van der Waals surface area contributed by atoms with Crippen molar-refractivity contribution in [1.29, 1.82) is 0 Å². The molecular formula is C22H29ClN2O5S. The van der Waals surface area contributed by atoms with E-state index in [0.717, 1.165) is 4.31 Å². The third kappa shape index (κ3) is 6.66. The molecule has 7 nitrogen and oxygen atoms in total. The Bertz CT molecular complexity index is 938. The number of halogens is 1. The molecule has 0 radical (unpaired) electrons. The van der Waals surface area contributed by atoms with E-state index in [9.17, 15) is 23.4 Å². The average molecular weight is 469 g/mol. The van der Waals surface area contributed by atoms with Crippen LogP contribution in [0.25, 0.3) is 0 Å². The molecule has 31 heavy (non-hydrogen) atoms. The van der Waals surface area contributed by atoms with Gasteiger partial charge in [-0.05, 0) is 54.7 Å². The first kappa shape index (κ1) is 25.1. The maximum absolute atomic E-state index is 13.5. The number of hydrogen-bond donors (Lipinski definition) is 2. The summed E-state index contributed by atoms with van der Waals surface area (Å²) >= 11 is 6.62. The summed E-state index contributed by atoms with van der Waals surface area (Å²) in [5.74, 6) is -1.38. The number of aromatic hydroxyl groups is 1. The van der Waals surface area contributed by atoms with Crippen molar-refractivity contribution < 1.29 is 23.4 Å². The molecule has 2 N–H and O–H groups in total. The van der Waals surface area contributed by atoms with Crippen molar-refractivity contribution in [3.8, 4) is 5.75 Å². The second-order valence-electron chi connectivity index (χ2n) is 7.37. The van der Waals surface area contributed by atoms with Gasteiger partial charge in [0, 0.05) is 12.4 Å². The Morgan fingerprint density at radius 1 is 1.13 bits per heavy atom. The van der Waals surface area contributed by atoms with Crippen LogP contribution in [-0.4, -0.2) is 51.1 Å². The Morgan fingerprint density at radius 2 is 1.74 bits per heavy atom. The zero-order valence-electron chi connectivity index (χ0n) is 17.7. The van der Waals surface area contributed by atoms with Crippen LogP contribution in [0.1, 0.15) is 50.3 Å². The van der Waals surface area contributed by atoms with Crippen LogP contribution in [0.4, 0.5) is 0 Å². The molecule has 2 aromatic rings. The summed E-state index contributed by atoms with van der Waals surface area (Å²) in [5, 5.41) is 19.0. The number of pyridine rings is 1. The second kappa shape index (κ2) is 11.5. The Balaban J connectivity index is 2.62. The monoisotopic (exact) mass is 468 g/mol. The van der Waals surface area contributed by atoms with Crippen LogP contribution in [0.2, 0.25) is 0 Å². The van der Waals surface area contributed by atoms with Gasteiger partial charge in [0.05, 0.1) is 17.2 Å². The van der Waals surface area contributed by atoms with Crippen molar-refractivity contribution in [2.45, 2.75) is 57.0 Å². The van der Waals surface area contributed by atoms with Crippen LogP contribution in [0.5, 0.6) is 5.75 Å².